The van der Waals surface area contributed by atoms with Crippen molar-refractivity contribution in [3.05, 3.63) is 23.1 Å². The van der Waals surface area contributed by atoms with Gasteiger partial charge in [-0.3, -0.25) is 0 Å². The highest BCUT2D eigenvalue weighted by molar-refractivity contribution is 7.17. The summed E-state index contributed by atoms with van der Waals surface area (Å²) >= 11 is 1.40. The third-order valence-corrected chi connectivity index (χ3v) is 2.79. The molecule has 0 amide bonds. The van der Waals surface area contributed by atoms with E-state index in [1.54, 1.807) is 6.07 Å². The van der Waals surface area contributed by atoms with Gasteiger partial charge in [-0.25, -0.2) is 0 Å². The smallest absolute Gasteiger partial charge is 0.126 e. The highest BCUT2D eigenvalue weighted by Crippen LogP contribution is 2.35. The molecule has 2 aromatic rings. The summed E-state index contributed by atoms with van der Waals surface area (Å²) in [7, 11) is 0. The summed E-state index contributed by atoms with van der Waals surface area (Å²) in [5.41, 5.74) is 6.36. The fourth-order valence-electron chi connectivity index (χ4n) is 1.25. The van der Waals surface area contributed by atoms with Gasteiger partial charge in [-0.2, -0.15) is 5.26 Å². The molecule has 13 heavy (non-hydrogen) atoms. The Bertz CT molecular complexity index is 510. The average molecular weight is 190 g/mol. The summed E-state index contributed by atoms with van der Waals surface area (Å²) in [6.07, 6.45) is 0. The zero-order valence-electron chi connectivity index (χ0n) is 6.61. The van der Waals surface area contributed by atoms with E-state index in [0.717, 1.165) is 4.70 Å². The molecule has 0 saturated carbocycles. The molecule has 0 bridgehead atoms. The van der Waals surface area contributed by atoms with Crippen molar-refractivity contribution >= 4 is 27.1 Å². The molecule has 0 spiro atoms. The highest BCUT2D eigenvalue weighted by Gasteiger charge is 2.09. The third kappa shape index (κ3) is 1.02. The van der Waals surface area contributed by atoms with Crippen LogP contribution in [0.2, 0.25) is 0 Å². The maximum Gasteiger partial charge on any atom is 0.126 e. The molecule has 3 N–H and O–H groups in total. The molecule has 0 aliphatic heterocycles. The first-order chi connectivity index (χ1) is 6.24. The predicted molar refractivity (Wildman–Crippen MR) is 52.6 cm³/mol. The largest absolute Gasteiger partial charge is 0.507 e. The zero-order chi connectivity index (χ0) is 9.42. The quantitative estimate of drug-likeness (QED) is 0.624. The molecule has 0 unspecified atom stereocenters. The van der Waals surface area contributed by atoms with Crippen LogP contribution >= 0.6 is 11.3 Å². The van der Waals surface area contributed by atoms with Crippen LogP contribution < -0.4 is 5.73 Å². The lowest BCUT2D eigenvalue weighted by molar-refractivity contribution is 0.482. The Kier molecular flexibility index (Phi) is 1.61. The molecule has 0 radical (unpaired) electrons. The molecule has 0 saturated heterocycles. The Hall–Kier alpha value is -1.73. The number of aromatic hydroxyl groups is 1. The normalized spacial score (nSPS) is 10.1. The van der Waals surface area contributed by atoms with Crippen molar-refractivity contribution in [3.63, 3.8) is 0 Å². The third-order valence-electron chi connectivity index (χ3n) is 1.86. The van der Waals surface area contributed by atoms with E-state index in [1.165, 1.54) is 17.4 Å². The second-order valence-electron chi connectivity index (χ2n) is 2.64. The molecule has 64 valence electrons. The molecule has 1 aromatic carbocycles. The average Bonchev–Trinajstić information content (AvgIpc) is 2.53. The van der Waals surface area contributed by atoms with Crippen LogP contribution in [0.3, 0.4) is 0 Å². The summed E-state index contributed by atoms with van der Waals surface area (Å²) in [6.45, 7) is 0. The number of nitrogen functional groups attached to an aromatic ring is 1. The first-order valence-corrected chi connectivity index (χ1v) is 4.50. The van der Waals surface area contributed by atoms with E-state index in [2.05, 4.69) is 0 Å². The molecular formula is C9H6N2OS. The number of phenols is 1. The van der Waals surface area contributed by atoms with Gasteiger partial charge in [0.25, 0.3) is 0 Å². The maximum atomic E-state index is 9.48. The predicted octanol–water partition coefficient (Wildman–Crippen LogP) is 2.06. The van der Waals surface area contributed by atoms with Crippen LogP contribution in [0.15, 0.2) is 17.5 Å². The minimum atomic E-state index is 0.132. The second kappa shape index (κ2) is 2.64. The summed E-state index contributed by atoms with van der Waals surface area (Å²) in [4.78, 5) is 0. The van der Waals surface area contributed by atoms with Crippen molar-refractivity contribution in [2.45, 2.75) is 0 Å². The van der Waals surface area contributed by atoms with E-state index in [-0.39, 0.29) is 5.75 Å². The van der Waals surface area contributed by atoms with Gasteiger partial charge in [0.1, 0.15) is 11.8 Å². The molecule has 0 atom stereocenters. The summed E-state index contributed by atoms with van der Waals surface area (Å²) in [6, 6.07) is 5.21. The second-order valence-corrected chi connectivity index (χ2v) is 3.55. The standard InChI is InChI=1S/C9H6N2OS/c10-4-6-7(11)3-8(12)5-1-2-13-9(5)6/h1-3,12H,11H2. The van der Waals surface area contributed by atoms with Crippen molar-refractivity contribution in [3.8, 4) is 11.8 Å². The number of thiophene rings is 1. The number of nitriles is 1. The lowest BCUT2D eigenvalue weighted by atomic mass is 10.1. The van der Waals surface area contributed by atoms with Crippen LogP contribution in [0, 0.1) is 11.3 Å². The van der Waals surface area contributed by atoms with Crippen LogP contribution in [-0.4, -0.2) is 5.11 Å². The number of nitrogens with two attached hydrogens (primary N) is 1. The minimum Gasteiger partial charge on any atom is -0.507 e. The molecular weight excluding hydrogens is 184 g/mol. The lowest BCUT2D eigenvalue weighted by Gasteiger charge is -2.00. The first kappa shape index (κ1) is 7.90. The van der Waals surface area contributed by atoms with Gasteiger partial charge >= 0.3 is 0 Å². The summed E-state index contributed by atoms with van der Waals surface area (Å²) in [5.74, 6) is 0.132. The Morgan fingerprint density at radius 3 is 3.00 bits per heavy atom. The minimum absolute atomic E-state index is 0.132. The van der Waals surface area contributed by atoms with Crippen LogP contribution in [0.25, 0.3) is 10.1 Å². The van der Waals surface area contributed by atoms with E-state index >= 15 is 0 Å². The van der Waals surface area contributed by atoms with E-state index in [0.29, 0.717) is 16.6 Å². The van der Waals surface area contributed by atoms with Gasteiger partial charge in [0.15, 0.2) is 0 Å². The molecule has 3 nitrogen and oxygen atoms in total. The number of anilines is 1. The van der Waals surface area contributed by atoms with Crippen molar-refractivity contribution in [2.75, 3.05) is 5.73 Å². The first-order valence-electron chi connectivity index (χ1n) is 3.63. The Morgan fingerprint density at radius 1 is 1.54 bits per heavy atom. The van der Waals surface area contributed by atoms with Crippen LogP contribution in [0.4, 0.5) is 5.69 Å². The van der Waals surface area contributed by atoms with Gasteiger partial charge in [-0.05, 0) is 11.4 Å². The molecule has 2 rings (SSSR count). The van der Waals surface area contributed by atoms with Gasteiger partial charge in [-0.15, -0.1) is 11.3 Å². The topological polar surface area (TPSA) is 70.0 Å². The van der Waals surface area contributed by atoms with Crippen molar-refractivity contribution in [1.82, 2.24) is 0 Å². The molecule has 1 aromatic heterocycles. The van der Waals surface area contributed by atoms with Gasteiger partial charge in [-0.1, -0.05) is 0 Å². The highest BCUT2D eigenvalue weighted by atomic mass is 32.1. The Morgan fingerprint density at radius 2 is 2.31 bits per heavy atom. The van der Waals surface area contributed by atoms with Gasteiger partial charge < -0.3 is 10.8 Å². The SMILES string of the molecule is N#Cc1c(N)cc(O)c2ccsc12. The van der Waals surface area contributed by atoms with E-state index in [4.69, 9.17) is 11.0 Å². The van der Waals surface area contributed by atoms with Crippen LogP contribution in [0.5, 0.6) is 5.75 Å². The van der Waals surface area contributed by atoms with Gasteiger partial charge in [0.05, 0.1) is 16.0 Å². The fourth-order valence-corrected chi connectivity index (χ4v) is 2.17. The zero-order valence-corrected chi connectivity index (χ0v) is 7.43. The number of rotatable bonds is 0. The van der Waals surface area contributed by atoms with E-state index in [9.17, 15) is 5.11 Å². The molecule has 0 aliphatic carbocycles. The summed E-state index contributed by atoms with van der Waals surface area (Å²) in [5, 5.41) is 20.8. The number of fused-ring (bicyclic) bond motifs is 1. The van der Waals surface area contributed by atoms with Crippen molar-refractivity contribution in [1.29, 1.82) is 5.26 Å². The van der Waals surface area contributed by atoms with Gasteiger partial charge in [0.2, 0.25) is 0 Å². The molecule has 0 fully saturated rings. The van der Waals surface area contributed by atoms with Crippen LogP contribution in [0.1, 0.15) is 5.56 Å². The monoisotopic (exact) mass is 190 g/mol. The number of benzene rings is 1. The van der Waals surface area contributed by atoms with Crippen molar-refractivity contribution < 1.29 is 5.11 Å². The number of phenolic OH excluding ortho intramolecular Hbond substituents is 1. The van der Waals surface area contributed by atoms with E-state index in [1.807, 2.05) is 11.4 Å². The van der Waals surface area contributed by atoms with Crippen LogP contribution in [-0.2, 0) is 0 Å². The number of nitrogens with zero attached hydrogens (tertiary/aromatic N) is 1. The fraction of sp³-hybridized carbons (Fsp3) is 0. The Balaban J connectivity index is 2.99. The molecule has 4 heteroatoms. The molecule has 1 heterocycles. The summed E-state index contributed by atoms with van der Waals surface area (Å²) < 4.78 is 0.750. The van der Waals surface area contributed by atoms with E-state index < -0.39 is 0 Å². The number of hydrogen-bond donors (Lipinski definition) is 2. The Labute approximate surface area is 78.6 Å². The number of hydrogen-bond acceptors (Lipinski definition) is 4. The van der Waals surface area contributed by atoms with Gasteiger partial charge in [0, 0.05) is 11.5 Å². The lowest BCUT2D eigenvalue weighted by Crippen LogP contribution is -1.89. The van der Waals surface area contributed by atoms with Crippen molar-refractivity contribution in [2.24, 2.45) is 0 Å². The molecule has 0 aliphatic rings. The maximum absolute atomic E-state index is 9.48.